The molecule has 0 heterocycles. The van der Waals surface area contributed by atoms with E-state index in [9.17, 15) is 61.9 Å². The molecule has 0 aromatic rings. The molecule has 0 fully saturated rings. The topological polar surface area (TPSA) is 54.0 Å². The smallest absolute Gasteiger partial charge is 0.438 e. The molecule has 1 atom stereocenters. The Morgan fingerprint density at radius 2 is 1.25 bits per heavy atom. The molecule has 0 spiro atoms. The lowest BCUT2D eigenvalue weighted by Crippen LogP contribution is -2.62. The highest BCUT2D eigenvalue weighted by Crippen LogP contribution is 2.51. The third-order valence-electron chi connectivity index (χ3n) is 2.42. The third kappa shape index (κ3) is 5.65. The lowest BCUT2D eigenvalue weighted by atomic mass is 10.2. The number of carbonyl (C=O) groups is 1. The Labute approximate surface area is 145 Å². The van der Waals surface area contributed by atoms with E-state index >= 15 is 0 Å². The second kappa shape index (κ2) is 7.96. The van der Waals surface area contributed by atoms with Crippen LogP contribution >= 0.6 is 0 Å². The molecular weight excluding hydrogens is 447 g/mol. The maximum atomic E-state index is 13.6. The molecule has 168 valence electrons. The van der Waals surface area contributed by atoms with Gasteiger partial charge in [-0.3, -0.25) is 4.74 Å². The molecule has 0 aliphatic carbocycles. The first-order valence-corrected chi connectivity index (χ1v) is 6.12. The van der Waals surface area contributed by atoms with Crippen molar-refractivity contribution in [3.05, 3.63) is 0 Å². The molecule has 0 saturated carbocycles. The van der Waals surface area contributed by atoms with Gasteiger partial charge in [-0.25, -0.2) is 13.9 Å². The van der Waals surface area contributed by atoms with Gasteiger partial charge in [0.1, 0.15) is 0 Å². The van der Waals surface area contributed by atoms with Crippen LogP contribution in [0.25, 0.3) is 0 Å². The van der Waals surface area contributed by atoms with E-state index in [2.05, 4.69) is 14.2 Å². The van der Waals surface area contributed by atoms with Gasteiger partial charge >= 0.3 is 42.4 Å². The van der Waals surface area contributed by atoms with Gasteiger partial charge in [0, 0.05) is 0 Å². The Hall–Kier alpha value is -1.72. The molecule has 5 nitrogen and oxygen atoms in total. The van der Waals surface area contributed by atoms with Crippen LogP contribution in [-0.4, -0.2) is 62.8 Å². The zero-order valence-corrected chi connectivity index (χ0v) is 12.9. The molecule has 0 rings (SSSR count). The van der Waals surface area contributed by atoms with Crippen LogP contribution in [0, 0.1) is 0 Å². The summed E-state index contributed by atoms with van der Waals surface area (Å²) in [6.45, 7) is -6.18. The number of carbonyl (C=O) groups excluding carboxylic acids is 1. The van der Waals surface area contributed by atoms with Crippen LogP contribution in [0.1, 0.15) is 0 Å². The maximum absolute atomic E-state index is 13.6. The summed E-state index contributed by atoms with van der Waals surface area (Å²) in [5.41, 5.74) is 0. The summed E-state index contributed by atoms with van der Waals surface area (Å²) in [5.74, 6) is -13.6. The minimum Gasteiger partial charge on any atom is -0.438 e. The van der Waals surface area contributed by atoms with E-state index in [1.54, 1.807) is 0 Å². The van der Waals surface area contributed by atoms with Crippen LogP contribution in [0.3, 0.4) is 0 Å². The number of alkyl halides is 13. The van der Waals surface area contributed by atoms with Crippen LogP contribution in [0.2, 0.25) is 0 Å². The fourth-order valence-corrected chi connectivity index (χ4v) is 1.09. The quantitative estimate of drug-likeness (QED) is 0.382. The maximum Gasteiger partial charge on any atom is 0.508 e. The normalized spacial score (nSPS) is 16.5. The molecular formula is C10H7F13O5. The fraction of sp³-hybridized carbons (Fsp3) is 0.900. The molecule has 0 aliphatic heterocycles. The summed E-state index contributed by atoms with van der Waals surface area (Å²) >= 11 is 0. The minimum atomic E-state index is -7.35. The lowest BCUT2D eigenvalue weighted by Gasteiger charge is -2.36. The van der Waals surface area contributed by atoms with E-state index < -0.39 is 55.7 Å². The first-order valence-electron chi connectivity index (χ1n) is 6.12. The summed E-state index contributed by atoms with van der Waals surface area (Å²) in [6, 6.07) is 0. The SMILES string of the molecule is COC(=O)OCC(F)(F)OC(F)(F)C(F)(CF)OC(F)(F)C(F)(F)C(F)(F)F. The first kappa shape index (κ1) is 26.3. The van der Waals surface area contributed by atoms with E-state index in [1.165, 1.54) is 0 Å². The van der Waals surface area contributed by atoms with Crippen molar-refractivity contribution in [3.63, 3.8) is 0 Å². The summed E-state index contributed by atoms with van der Waals surface area (Å²) in [6.07, 6.45) is -28.5. The second-order valence-electron chi connectivity index (χ2n) is 4.55. The highest BCUT2D eigenvalue weighted by molar-refractivity contribution is 5.59. The van der Waals surface area contributed by atoms with E-state index in [-0.39, 0.29) is 0 Å². The molecule has 1 unspecified atom stereocenters. The second-order valence-corrected chi connectivity index (χ2v) is 4.55. The lowest BCUT2D eigenvalue weighted by molar-refractivity contribution is -0.514. The monoisotopic (exact) mass is 454 g/mol. The minimum absolute atomic E-state index is 0.544. The molecule has 0 amide bonds. The van der Waals surface area contributed by atoms with Gasteiger partial charge in [-0.05, 0) is 0 Å². The number of rotatable bonds is 9. The summed E-state index contributed by atoms with van der Waals surface area (Å²) in [5, 5.41) is 0. The molecule has 0 bridgehead atoms. The summed E-state index contributed by atoms with van der Waals surface area (Å²) < 4.78 is 176. The standard InChI is InChI=1S/C10H7F13O5/c1-25-4(24)26-3-6(13,14)28-9(20,21)5(12,2-11)27-10(22,23)7(15,16)8(17,18)19/h2-3H2,1H3. The molecule has 0 saturated heterocycles. The van der Waals surface area contributed by atoms with Crippen LogP contribution < -0.4 is 0 Å². The Morgan fingerprint density at radius 3 is 1.61 bits per heavy atom. The van der Waals surface area contributed by atoms with Gasteiger partial charge in [0.05, 0.1) is 7.11 Å². The number of ether oxygens (including phenoxy) is 4. The fourth-order valence-electron chi connectivity index (χ4n) is 1.09. The van der Waals surface area contributed by atoms with E-state index in [1.807, 2.05) is 4.74 Å². The van der Waals surface area contributed by atoms with Gasteiger partial charge in [-0.1, -0.05) is 0 Å². The molecule has 0 aromatic carbocycles. The summed E-state index contributed by atoms with van der Waals surface area (Å²) in [7, 11) is 0.544. The average molecular weight is 454 g/mol. The van der Waals surface area contributed by atoms with Gasteiger partial charge in [-0.2, -0.15) is 52.7 Å². The predicted molar refractivity (Wildman–Crippen MR) is 56.2 cm³/mol. The van der Waals surface area contributed by atoms with Crippen LogP contribution in [0.5, 0.6) is 0 Å². The molecule has 0 aliphatic rings. The number of hydrogen-bond acceptors (Lipinski definition) is 5. The van der Waals surface area contributed by atoms with Crippen LogP contribution in [-0.2, 0) is 18.9 Å². The van der Waals surface area contributed by atoms with Crippen molar-refractivity contribution in [3.8, 4) is 0 Å². The van der Waals surface area contributed by atoms with Gasteiger partial charge in [0.15, 0.2) is 13.3 Å². The van der Waals surface area contributed by atoms with Crippen molar-refractivity contribution < 1.29 is 80.8 Å². The molecule has 0 aromatic heterocycles. The largest absolute Gasteiger partial charge is 0.508 e. The zero-order chi connectivity index (χ0) is 22.8. The Kier molecular flexibility index (Phi) is 7.47. The van der Waals surface area contributed by atoms with E-state index in [0.29, 0.717) is 7.11 Å². The van der Waals surface area contributed by atoms with Gasteiger partial charge in [0.25, 0.3) is 0 Å². The molecule has 28 heavy (non-hydrogen) atoms. The van der Waals surface area contributed by atoms with E-state index in [0.717, 1.165) is 0 Å². The Bertz CT molecular complexity index is 548. The van der Waals surface area contributed by atoms with Crippen molar-refractivity contribution in [1.82, 2.24) is 0 Å². The van der Waals surface area contributed by atoms with Crippen molar-refractivity contribution in [1.29, 1.82) is 0 Å². The number of hydrogen-bond donors (Lipinski definition) is 0. The molecule has 0 N–H and O–H groups in total. The van der Waals surface area contributed by atoms with Gasteiger partial charge < -0.3 is 9.47 Å². The number of methoxy groups -OCH3 is 1. The predicted octanol–water partition coefficient (Wildman–Crippen LogP) is 4.41. The average Bonchev–Trinajstić information content (AvgIpc) is 2.49. The van der Waals surface area contributed by atoms with Crippen molar-refractivity contribution in [2.45, 2.75) is 36.3 Å². The van der Waals surface area contributed by atoms with Gasteiger partial charge in [0.2, 0.25) is 0 Å². The van der Waals surface area contributed by atoms with E-state index in [4.69, 9.17) is 0 Å². The van der Waals surface area contributed by atoms with Crippen molar-refractivity contribution >= 4 is 6.16 Å². The van der Waals surface area contributed by atoms with Gasteiger partial charge in [-0.15, -0.1) is 0 Å². The van der Waals surface area contributed by atoms with Crippen LogP contribution in [0.4, 0.5) is 61.9 Å². The number of halogens is 13. The molecule has 18 heteroatoms. The van der Waals surface area contributed by atoms with Crippen molar-refractivity contribution in [2.24, 2.45) is 0 Å². The highest BCUT2D eigenvalue weighted by atomic mass is 19.4. The summed E-state index contributed by atoms with van der Waals surface area (Å²) in [4.78, 5) is 10.4. The first-order chi connectivity index (χ1) is 12.2. The Morgan fingerprint density at radius 1 is 0.786 bits per heavy atom. The zero-order valence-electron chi connectivity index (χ0n) is 12.9. The van der Waals surface area contributed by atoms with Crippen LogP contribution in [0.15, 0.2) is 0 Å². The van der Waals surface area contributed by atoms with Crippen molar-refractivity contribution in [2.75, 3.05) is 20.4 Å². The Balaban J connectivity index is 5.66. The highest BCUT2D eigenvalue weighted by Gasteiger charge is 2.78. The molecule has 0 radical (unpaired) electrons. The third-order valence-corrected chi connectivity index (χ3v) is 2.42.